The molecular weight excluding hydrogens is 302 g/mol. The van der Waals surface area contributed by atoms with Gasteiger partial charge in [-0.1, -0.05) is 24.3 Å². The topological polar surface area (TPSA) is 67.2 Å². The maximum atomic E-state index is 12.1. The molecule has 0 bridgehead atoms. The van der Waals surface area contributed by atoms with Gasteiger partial charge in [0.25, 0.3) is 5.91 Å². The molecule has 3 rings (SSSR count). The Kier molecular flexibility index (Phi) is 5.03. The highest BCUT2D eigenvalue weighted by atomic mass is 16.3. The van der Waals surface area contributed by atoms with Gasteiger partial charge in [-0.2, -0.15) is 0 Å². The van der Waals surface area contributed by atoms with Crippen LogP contribution in [0.5, 0.6) is 0 Å². The van der Waals surface area contributed by atoms with Gasteiger partial charge in [-0.05, 0) is 41.8 Å². The Morgan fingerprint density at radius 3 is 2.38 bits per heavy atom. The van der Waals surface area contributed by atoms with Crippen LogP contribution in [0.2, 0.25) is 0 Å². The van der Waals surface area contributed by atoms with E-state index < -0.39 is 0 Å². The van der Waals surface area contributed by atoms with E-state index in [9.17, 15) is 4.79 Å². The summed E-state index contributed by atoms with van der Waals surface area (Å²) in [5.74, 6) is 0.647. The molecule has 24 heavy (non-hydrogen) atoms. The van der Waals surface area contributed by atoms with Gasteiger partial charge in [-0.3, -0.25) is 4.79 Å². The molecule has 0 unspecified atom stereocenters. The van der Waals surface area contributed by atoms with Gasteiger partial charge in [0.1, 0.15) is 5.82 Å². The molecule has 0 radical (unpaired) electrons. The Hall–Kier alpha value is -2.92. The van der Waals surface area contributed by atoms with Gasteiger partial charge in [0.15, 0.2) is 0 Å². The van der Waals surface area contributed by atoms with Gasteiger partial charge in [0, 0.05) is 25.1 Å². The Balaban J connectivity index is 1.53. The van der Waals surface area contributed by atoms with Crippen molar-refractivity contribution in [3.8, 4) is 5.82 Å². The number of hydrogen-bond acceptors (Lipinski definition) is 3. The largest absolute Gasteiger partial charge is 0.392 e. The van der Waals surface area contributed by atoms with Crippen LogP contribution in [-0.4, -0.2) is 27.1 Å². The van der Waals surface area contributed by atoms with Crippen molar-refractivity contribution in [1.29, 1.82) is 0 Å². The van der Waals surface area contributed by atoms with Crippen molar-refractivity contribution in [2.45, 2.75) is 13.0 Å². The minimum absolute atomic E-state index is 0.0447. The summed E-state index contributed by atoms with van der Waals surface area (Å²) in [4.78, 5) is 16.4. The van der Waals surface area contributed by atoms with E-state index in [2.05, 4.69) is 10.3 Å². The molecule has 5 nitrogen and oxygen atoms in total. The number of nitrogens with one attached hydrogen (secondary N) is 1. The van der Waals surface area contributed by atoms with Crippen LogP contribution in [0.4, 0.5) is 0 Å². The summed E-state index contributed by atoms with van der Waals surface area (Å²) in [5.41, 5.74) is 2.55. The first-order valence-electron chi connectivity index (χ1n) is 7.82. The monoisotopic (exact) mass is 321 g/mol. The lowest BCUT2D eigenvalue weighted by molar-refractivity contribution is 0.0954. The van der Waals surface area contributed by atoms with Crippen molar-refractivity contribution in [1.82, 2.24) is 14.9 Å². The fourth-order valence-corrected chi connectivity index (χ4v) is 2.39. The van der Waals surface area contributed by atoms with Crippen LogP contribution in [-0.2, 0) is 13.0 Å². The quantitative estimate of drug-likeness (QED) is 0.732. The number of aliphatic hydroxyl groups excluding tert-OH is 1. The SMILES string of the molecule is O=C(NCCc1ccc(CO)cc1)c1ccc(-n2cccc2)nc1. The number of hydrogen-bond donors (Lipinski definition) is 2. The summed E-state index contributed by atoms with van der Waals surface area (Å²) in [6.07, 6.45) is 6.14. The Morgan fingerprint density at radius 1 is 1.04 bits per heavy atom. The van der Waals surface area contributed by atoms with E-state index in [0.717, 1.165) is 23.4 Å². The molecule has 2 heterocycles. The second-order valence-electron chi connectivity index (χ2n) is 5.48. The van der Waals surface area contributed by atoms with E-state index in [1.54, 1.807) is 12.3 Å². The molecule has 0 fully saturated rings. The molecule has 0 saturated heterocycles. The molecule has 2 aromatic heterocycles. The Morgan fingerprint density at radius 2 is 1.75 bits per heavy atom. The fraction of sp³-hybridized carbons (Fsp3) is 0.158. The molecule has 3 aromatic rings. The highest BCUT2D eigenvalue weighted by Gasteiger charge is 2.06. The van der Waals surface area contributed by atoms with Crippen molar-refractivity contribution in [3.05, 3.63) is 83.8 Å². The first kappa shape index (κ1) is 16.0. The van der Waals surface area contributed by atoms with Gasteiger partial charge < -0.3 is 15.0 Å². The van der Waals surface area contributed by atoms with Crippen molar-refractivity contribution in [2.24, 2.45) is 0 Å². The number of carbonyl (C=O) groups excluding carboxylic acids is 1. The maximum Gasteiger partial charge on any atom is 0.252 e. The van der Waals surface area contributed by atoms with Gasteiger partial charge in [-0.25, -0.2) is 4.98 Å². The summed E-state index contributed by atoms with van der Waals surface area (Å²) in [6.45, 7) is 0.597. The van der Waals surface area contributed by atoms with Crippen LogP contribution in [0.1, 0.15) is 21.5 Å². The molecule has 1 amide bonds. The summed E-state index contributed by atoms with van der Waals surface area (Å²) >= 11 is 0. The average Bonchev–Trinajstić information content (AvgIpc) is 3.17. The standard InChI is InChI=1S/C19H19N3O2/c23-14-16-5-3-15(4-6-16)9-10-20-19(24)17-7-8-18(21-13-17)22-11-1-2-12-22/h1-8,11-13,23H,9-10,14H2,(H,20,24). The number of nitrogens with zero attached hydrogens (tertiary/aromatic N) is 2. The molecule has 0 atom stereocenters. The van der Waals surface area contributed by atoms with Crippen molar-refractivity contribution in [2.75, 3.05) is 6.54 Å². The molecule has 0 aliphatic heterocycles. The van der Waals surface area contributed by atoms with Crippen molar-refractivity contribution < 1.29 is 9.90 Å². The second-order valence-corrected chi connectivity index (χ2v) is 5.48. The minimum Gasteiger partial charge on any atom is -0.392 e. The molecule has 2 N–H and O–H groups in total. The van der Waals surface area contributed by atoms with E-state index in [1.165, 1.54) is 0 Å². The zero-order valence-corrected chi connectivity index (χ0v) is 13.2. The Labute approximate surface area is 140 Å². The minimum atomic E-state index is -0.131. The number of benzene rings is 1. The molecule has 1 aromatic carbocycles. The number of pyridine rings is 1. The first-order valence-corrected chi connectivity index (χ1v) is 7.82. The van der Waals surface area contributed by atoms with E-state index in [4.69, 9.17) is 5.11 Å². The average molecular weight is 321 g/mol. The van der Waals surface area contributed by atoms with E-state index in [-0.39, 0.29) is 12.5 Å². The summed E-state index contributed by atoms with van der Waals surface area (Å²) in [7, 11) is 0. The third-order valence-electron chi connectivity index (χ3n) is 3.78. The third-order valence-corrected chi connectivity index (χ3v) is 3.78. The number of amides is 1. The van der Waals surface area contributed by atoms with E-state index in [0.29, 0.717) is 12.1 Å². The van der Waals surface area contributed by atoms with E-state index in [1.807, 2.05) is 59.4 Å². The highest BCUT2D eigenvalue weighted by molar-refractivity contribution is 5.93. The lowest BCUT2D eigenvalue weighted by Crippen LogP contribution is -2.25. The van der Waals surface area contributed by atoms with Crippen molar-refractivity contribution in [3.63, 3.8) is 0 Å². The third kappa shape index (κ3) is 3.88. The maximum absolute atomic E-state index is 12.1. The number of rotatable bonds is 6. The van der Waals surface area contributed by atoms with Crippen LogP contribution < -0.4 is 5.32 Å². The second kappa shape index (κ2) is 7.57. The molecule has 0 spiro atoms. The zero-order valence-electron chi connectivity index (χ0n) is 13.2. The number of aromatic nitrogens is 2. The molecule has 0 aliphatic carbocycles. The molecule has 122 valence electrons. The van der Waals surface area contributed by atoms with Gasteiger partial charge in [0.2, 0.25) is 0 Å². The van der Waals surface area contributed by atoms with Crippen LogP contribution in [0.15, 0.2) is 67.1 Å². The predicted molar refractivity (Wildman–Crippen MR) is 92.0 cm³/mol. The van der Waals surface area contributed by atoms with Crippen LogP contribution >= 0.6 is 0 Å². The van der Waals surface area contributed by atoms with Crippen LogP contribution in [0.3, 0.4) is 0 Å². The Bertz CT molecular complexity index is 778. The molecule has 0 aliphatic rings. The zero-order chi connectivity index (χ0) is 16.8. The number of carbonyl (C=O) groups is 1. The normalized spacial score (nSPS) is 10.5. The summed E-state index contributed by atoms with van der Waals surface area (Å²) in [5, 5.41) is 11.9. The predicted octanol–water partition coefficient (Wildman–Crippen LogP) is 2.34. The fourth-order valence-electron chi connectivity index (χ4n) is 2.39. The summed E-state index contributed by atoms with van der Waals surface area (Å²) < 4.78 is 1.89. The lowest BCUT2D eigenvalue weighted by atomic mass is 10.1. The number of aliphatic hydroxyl groups is 1. The molecular formula is C19H19N3O2. The van der Waals surface area contributed by atoms with E-state index >= 15 is 0 Å². The van der Waals surface area contributed by atoms with Gasteiger partial charge in [0.05, 0.1) is 12.2 Å². The highest BCUT2D eigenvalue weighted by Crippen LogP contribution is 2.07. The lowest BCUT2D eigenvalue weighted by Gasteiger charge is -2.07. The summed E-state index contributed by atoms with van der Waals surface area (Å²) in [6, 6.07) is 15.2. The van der Waals surface area contributed by atoms with Crippen LogP contribution in [0.25, 0.3) is 5.82 Å². The smallest absolute Gasteiger partial charge is 0.252 e. The van der Waals surface area contributed by atoms with Crippen molar-refractivity contribution >= 4 is 5.91 Å². The molecule has 0 saturated carbocycles. The molecule has 5 heteroatoms. The first-order chi connectivity index (χ1) is 11.8. The van der Waals surface area contributed by atoms with Gasteiger partial charge in [-0.15, -0.1) is 0 Å². The van der Waals surface area contributed by atoms with Crippen LogP contribution in [0, 0.1) is 0 Å². The van der Waals surface area contributed by atoms with Gasteiger partial charge >= 0.3 is 0 Å².